The minimum absolute atomic E-state index is 0.0589. The van der Waals surface area contributed by atoms with Crippen molar-refractivity contribution in [2.24, 2.45) is 0 Å². The van der Waals surface area contributed by atoms with Crippen LogP contribution in [0.1, 0.15) is 32.1 Å². The first-order valence-electron chi connectivity index (χ1n) is 9.30. The fraction of sp³-hybridized carbons (Fsp3) is 0.471. The Hall–Kier alpha value is -3.26. The van der Waals surface area contributed by atoms with E-state index in [0.717, 1.165) is 17.2 Å². The predicted octanol–water partition coefficient (Wildman–Crippen LogP) is -1.35. The number of nitrogens with zero attached hydrogens (tertiary/aromatic N) is 2. The van der Waals surface area contributed by atoms with E-state index in [2.05, 4.69) is 15.6 Å². The summed E-state index contributed by atoms with van der Waals surface area (Å²) in [6, 6.07) is -1.17. The van der Waals surface area contributed by atoms with Crippen LogP contribution in [0.4, 0.5) is 15.0 Å². The predicted molar refractivity (Wildman–Crippen MR) is 106 cm³/mol. The van der Waals surface area contributed by atoms with Crippen LogP contribution in [0.3, 0.4) is 0 Å². The number of nitrogens with one attached hydrogen (secondary N) is 2. The topological polar surface area (TPSA) is 189 Å². The van der Waals surface area contributed by atoms with Gasteiger partial charge in [0.15, 0.2) is 0 Å². The molecular formula is C17H24BFN4O8. The van der Waals surface area contributed by atoms with Crippen molar-refractivity contribution in [1.29, 1.82) is 0 Å². The van der Waals surface area contributed by atoms with Crippen LogP contribution < -0.4 is 21.0 Å². The first kappa shape index (κ1) is 25.8. The molecule has 0 bridgehead atoms. The summed E-state index contributed by atoms with van der Waals surface area (Å²) in [4.78, 5) is 50.5. The van der Waals surface area contributed by atoms with Gasteiger partial charge < -0.3 is 30.9 Å². The Morgan fingerprint density at radius 1 is 1.19 bits per heavy atom. The molecule has 0 spiro atoms. The molecule has 0 saturated heterocycles. The highest BCUT2D eigenvalue weighted by molar-refractivity contribution is 6.58. The Kier molecular flexibility index (Phi) is 10.3. The fourth-order valence-electron chi connectivity index (χ4n) is 2.47. The Morgan fingerprint density at radius 2 is 1.87 bits per heavy atom. The normalized spacial score (nSPS) is 11.4. The lowest BCUT2D eigenvalue weighted by Gasteiger charge is -2.18. The van der Waals surface area contributed by atoms with E-state index in [1.54, 1.807) is 0 Å². The maximum atomic E-state index is 13.8. The molecule has 1 aromatic rings. The van der Waals surface area contributed by atoms with E-state index in [9.17, 15) is 28.7 Å². The monoisotopic (exact) mass is 442 g/mol. The molecule has 0 aliphatic carbocycles. The molecule has 1 rings (SSSR count). The summed E-state index contributed by atoms with van der Waals surface area (Å²) in [6.45, 7) is 0.0589. The summed E-state index contributed by atoms with van der Waals surface area (Å²) in [6.07, 6.45) is 0.854. The van der Waals surface area contributed by atoms with Crippen LogP contribution >= 0.6 is 0 Å². The van der Waals surface area contributed by atoms with E-state index in [-0.39, 0.29) is 44.5 Å². The largest absolute Gasteiger partial charge is 0.493 e. The number of hydrogen-bond acceptors (Lipinski definition) is 7. The number of hydrogen-bond donors (Lipinski definition) is 6. The Bertz CT molecular complexity index is 810. The molecule has 0 aliphatic heterocycles. The molecule has 1 heterocycles. The van der Waals surface area contributed by atoms with Gasteiger partial charge in [-0.3, -0.25) is 14.5 Å². The zero-order valence-electron chi connectivity index (χ0n) is 16.7. The number of carboxylic acid groups (broad SMARTS) is 2. The summed E-state index contributed by atoms with van der Waals surface area (Å²) in [7, 11) is -0.714. The second kappa shape index (κ2) is 12.4. The van der Waals surface area contributed by atoms with Crippen molar-refractivity contribution in [2.75, 3.05) is 18.5 Å². The van der Waals surface area contributed by atoms with Crippen molar-refractivity contribution in [3.05, 3.63) is 18.1 Å². The number of carboxylic acids is 2. The number of aliphatic carboxylic acids is 2. The summed E-state index contributed by atoms with van der Waals surface area (Å²) >= 11 is 0. The smallest absolute Gasteiger partial charge is 0.481 e. The van der Waals surface area contributed by atoms with Crippen molar-refractivity contribution < 1.29 is 43.8 Å². The molecule has 0 saturated carbocycles. The van der Waals surface area contributed by atoms with Crippen molar-refractivity contribution in [3.63, 3.8) is 0 Å². The molecule has 0 radical (unpaired) electrons. The van der Waals surface area contributed by atoms with Crippen molar-refractivity contribution >= 4 is 42.3 Å². The quantitative estimate of drug-likeness (QED) is 0.168. The van der Waals surface area contributed by atoms with Gasteiger partial charge in [-0.05, 0) is 19.3 Å². The second-order valence-corrected chi connectivity index (χ2v) is 6.57. The Balaban J connectivity index is 2.51. The molecule has 14 heteroatoms. The third-order valence-corrected chi connectivity index (χ3v) is 4.20. The van der Waals surface area contributed by atoms with Gasteiger partial charge in [-0.15, -0.1) is 0 Å². The van der Waals surface area contributed by atoms with E-state index in [0.29, 0.717) is 0 Å². The van der Waals surface area contributed by atoms with Gasteiger partial charge in [0.1, 0.15) is 17.7 Å². The van der Waals surface area contributed by atoms with Crippen LogP contribution in [0, 0.1) is 5.82 Å². The number of rotatable bonds is 12. The number of carbonyl (C=O) groups excluding carboxylic acids is 2. The Labute approximate surface area is 177 Å². The molecule has 12 nitrogen and oxygen atoms in total. The van der Waals surface area contributed by atoms with E-state index >= 15 is 0 Å². The average Bonchev–Trinajstić information content (AvgIpc) is 2.69. The molecule has 1 unspecified atom stereocenters. The van der Waals surface area contributed by atoms with Gasteiger partial charge in [-0.1, -0.05) is 0 Å². The number of urea groups is 1. The number of carbonyl (C=O) groups is 4. The summed E-state index contributed by atoms with van der Waals surface area (Å²) in [5.74, 6) is -3.83. The number of aromatic nitrogens is 1. The summed E-state index contributed by atoms with van der Waals surface area (Å²) in [5.41, 5.74) is -0.443. The van der Waals surface area contributed by atoms with E-state index in [4.69, 9.17) is 15.2 Å². The van der Waals surface area contributed by atoms with Gasteiger partial charge in [0.25, 0.3) is 0 Å². The molecule has 0 aliphatic rings. The highest BCUT2D eigenvalue weighted by Crippen LogP contribution is 2.12. The van der Waals surface area contributed by atoms with Crippen LogP contribution in [-0.2, 0) is 14.4 Å². The van der Waals surface area contributed by atoms with Gasteiger partial charge >= 0.3 is 25.1 Å². The number of halogens is 1. The van der Waals surface area contributed by atoms with Crippen molar-refractivity contribution in [2.45, 2.75) is 38.1 Å². The van der Waals surface area contributed by atoms with E-state index < -0.39 is 48.3 Å². The molecular weight excluding hydrogens is 418 g/mol. The molecule has 0 fully saturated rings. The standard InChI is InChI=1S/C17H24BFN4O8/c1-23(13-8-11(19)10(9-21-13)18(30)31)14(24)5-2-4-12(16(27)28)22-17(29)20-7-3-6-15(25)26/h8-9,12,30-31H,2-7H2,1H3,(H,25,26)(H,27,28)(H2,20,22,29). The SMILES string of the molecule is CN(C(=O)CCCC(NC(=O)NCCCC(=O)O)C(=O)O)c1cc(F)c(B(O)O)cn1. The van der Waals surface area contributed by atoms with Crippen LogP contribution in [0.2, 0.25) is 0 Å². The summed E-state index contributed by atoms with van der Waals surface area (Å²) < 4.78 is 13.8. The average molecular weight is 442 g/mol. The van der Waals surface area contributed by atoms with Gasteiger partial charge in [0.05, 0.1) is 0 Å². The van der Waals surface area contributed by atoms with Crippen molar-refractivity contribution in [3.8, 4) is 0 Å². The van der Waals surface area contributed by atoms with Crippen LogP contribution in [0.5, 0.6) is 0 Å². The van der Waals surface area contributed by atoms with Gasteiger partial charge in [-0.2, -0.15) is 0 Å². The first-order chi connectivity index (χ1) is 14.5. The lowest BCUT2D eigenvalue weighted by Crippen LogP contribution is -2.46. The molecule has 0 aromatic carbocycles. The molecule has 1 aromatic heterocycles. The van der Waals surface area contributed by atoms with Gasteiger partial charge in [-0.25, -0.2) is 19.0 Å². The van der Waals surface area contributed by atoms with E-state index in [1.165, 1.54) is 7.05 Å². The number of pyridine rings is 1. The number of anilines is 1. The van der Waals surface area contributed by atoms with Crippen molar-refractivity contribution in [1.82, 2.24) is 15.6 Å². The molecule has 31 heavy (non-hydrogen) atoms. The lowest BCUT2D eigenvalue weighted by atomic mass is 9.81. The maximum absolute atomic E-state index is 13.8. The third kappa shape index (κ3) is 8.96. The van der Waals surface area contributed by atoms with Gasteiger partial charge in [0, 0.05) is 44.2 Å². The first-order valence-corrected chi connectivity index (χ1v) is 9.30. The van der Waals surface area contributed by atoms with Crippen LogP contribution in [0.15, 0.2) is 12.3 Å². The van der Waals surface area contributed by atoms with Crippen LogP contribution in [0.25, 0.3) is 0 Å². The number of amides is 3. The highest BCUT2D eigenvalue weighted by atomic mass is 19.1. The molecule has 170 valence electrons. The molecule has 1 atom stereocenters. The van der Waals surface area contributed by atoms with Crippen LogP contribution in [-0.4, -0.2) is 75.9 Å². The maximum Gasteiger partial charge on any atom is 0.493 e. The third-order valence-electron chi connectivity index (χ3n) is 4.20. The zero-order chi connectivity index (χ0) is 23.6. The van der Waals surface area contributed by atoms with E-state index in [1.807, 2.05) is 0 Å². The minimum atomic E-state index is -2.04. The van der Waals surface area contributed by atoms with Gasteiger partial charge in [0.2, 0.25) is 5.91 Å². The molecule has 6 N–H and O–H groups in total. The second-order valence-electron chi connectivity index (χ2n) is 6.57. The lowest BCUT2D eigenvalue weighted by molar-refractivity contribution is -0.139. The highest BCUT2D eigenvalue weighted by Gasteiger charge is 2.22. The zero-order valence-corrected chi connectivity index (χ0v) is 16.7. The molecule has 3 amide bonds. The minimum Gasteiger partial charge on any atom is -0.481 e. The Morgan fingerprint density at radius 3 is 2.42 bits per heavy atom. The fourth-order valence-corrected chi connectivity index (χ4v) is 2.47. The summed E-state index contributed by atoms with van der Waals surface area (Å²) in [5, 5.41) is 40.3.